The van der Waals surface area contributed by atoms with Crippen molar-refractivity contribution >= 4 is 29.2 Å². The van der Waals surface area contributed by atoms with Gasteiger partial charge in [0.1, 0.15) is 6.54 Å². The Bertz CT molecular complexity index is 1220. The van der Waals surface area contributed by atoms with E-state index in [-0.39, 0.29) is 11.1 Å². The summed E-state index contributed by atoms with van der Waals surface area (Å²) in [5, 5.41) is 3.96. The first-order chi connectivity index (χ1) is 17.7. The average molecular weight is 585 g/mol. The standard InChI is InChI=1S/C26H25F9N2OS/c1-13-9-18(10-14(2)15(13)3)20(25(30,31)32)8-6-17-5-7-19(21(11-17)26(33,34)35)22(38)37-16(4)23(39)36-12-24(27,28)29/h5-11,16,20H,12H2,1-4H3,(H,36,39)(H,37,38)/b8-6+. The molecule has 1 amide bonds. The summed E-state index contributed by atoms with van der Waals surface area (Å²) in [5.41, 5.74) is -0.552. The highest BCUT2D eigenvalue weighted by Crippen LogP contribution is 2.38. The summed E-state index contributed by atoms with van der Waals surface area (Å²) in [5.74, 6) is -3.38. The summed E-state index contributed by atoms with van der Waals surface area (Å²) < 4.78 is 120. The molecule has 3 nitrogen and oxygen atoms in total. The van der Waals surface area contributed by atoms with Gasteiger partial charge in [-0.2, -0.15) is 39.5 Å². The number of carbonyl (C=O) groups is 1. The van der Waals surface area contributed by atoms with E-state index in [9.17, 15) is 44.3 Å². The number of benzene rings is 2. The minimum atomic E-state index is -5.07. The molecule has 0 bridgehead atoms. The number of carbonyl (C=O) groups excluding carboxylic acids is 1. The van der Waals surface area contributed by atoms with Crippen molar-refractivity contribution in [2.45, 2.75) is 58.2 Å². The van der Waals surface area contributed by atoms with E-state index < -0.39 is 59.1 Å². The molecule has 2 aromatic rings. The maximum absolute atomic E-state index is 13.9. The highest BCUT2D eigenvalue weighted by molar-refractivity contribution is 7.80. The van der Waals surface area contributed by atoms with Crippen molar-refractivity contribution in [1.29, 1.82) is 0 Å². The van der Waals surface area contributed by atoms with Gasteiger partial charge in [0.05, 0.1) is 28.1 Å². The fourth-order valence-electron chi connectivity index (χ4n) is 3.64. The van der Waals surface area contributed by atoms with E-state index in [0.717, 1.165) is 29.8 Å². The third-order valence-corrected chi connectivity index (χ3v) is 6.44. The van der Waals surface area contributed by atoms with Crippen LogP contribution < -0.4 is 10.6 Å². The quantitative estimate of drug-likeness (QED) is 0.260. The van der Waals surface area contributed by atoms with Crippen LogP contribution >= 0.6 is 12.2 Å². The van der Waals surface area contributed by atoms with Gasteiger partial charge in [0.2, 0.25) is 0 Å². The second kappa shape index (κ2) is 12.0. The highest BCUT2D eigenvalue weighted by atomic mass is 32.1. The normalized spacial score (nSPS) is 14.3. The molecule has 214 valence electrons. The lowest BCUT2D eigenvalue weighted by molar-refractivity contribution is -0.139. The van der Waals surface area contributed by atoms with Crippen LogP contribution in [0.25, 0.3) is 6.08 Å². The molecule has 0 heterocycles. The number of rotatable bonds is 7. The van der Waals surface area contributed by atoms with Crippen LogP contribution in [-0.2, 0) is 6.18 Å². The van der Waals surface area contributed by atoms with Crippen molar-refractivity contribution in [3.05, 3.63) is 75.4 Å². The SMILES string of the molecule is Cc1cc(C(/C=C/c2ccc(C(=O)NC(C)C(=S)NCC(F)(F)F)c(C(F)(F)F)c2)C(F)(F)F)cc(C)c1C. The molecular formula is C26H25F9N2OS. The zero-order valence-electron chi connectivity index (χ0n) is 21.1. The first-order valence-corrected chi connectivity index (χ1v) is 11.8. The summed E-state index contributed by atoms with van der Waals surface area (Å²) >= 11 is 4.74. The zero-order chi connectivity index (χ0) is 29.9. The summed E-state index contributed by atoms with van der Waals surface area (Å²) in [7, 11) is 0. The third kappa shape index (κ3) is 8.97. The second-order valence-electron chi connectivity index (χ2n) is 8.99. The van der Waals surface area contributed by atoms with Gasteiger partial charge in [-0.1, -0.05) is 42.6 Å². The largest absolute Gasteiger partial charge is 0.417 e. The topological polar surface area (TPSA) is 41.1 Å². The summed E-state index contributed by atoms with van der Waals surface area (Å²) in [6.07, 6.45) is -12.8. The van der Waals surface area contributed by atoms with Crippen LogP contribution in [0, 0.1) is 20.8 Å². The Balaban J connectivity index is 2.37. The van der Waals surface area contributed by atoms with Crippen LogP contribution in [0.5, 0.6) is 0 Å². The molecular weight excluding hydrogens is 559 g/mol. The van der Waals surface area contributed by atoms with Crippen LogP contribution in [0.2, 0.25) is 0 Å². The number of hydrogen-bond donors (Lipinski definition) is 2. The number of halogens is 9. The molecule has 0 aromatic heterocycles. The summed E-state index contributed by atoms with van der Waals surface area (Å²) in [6, 6.07) is 3.83. The van der Waals surface area contributed by atoms with Crippen LogP contribution in [-0.4, -0.2) is 35.8 Å². The summed E-state index contributed by atoms with van der Waals surface area (Å²) in [4.78, 5) is 12.1. The smallest absolute Gasteiger partial charge is 0.369 e. The van der Waals surface area contributed by atoms with Gasteiger partial charge in [-0.3, -0.25) is 4.79 Å². The monoisotopic (exact) mass is 584 g/mol. The van der Waals surface area contributed by atoms with Crippen molar-refractivity contribution < 1.29 is 44.3 Å². The molecule has 0 fully saturated rings. The van der Waals surface area contributed by atoms with E-state index in [2.05, 4.69) is 5.32 Å². The molecule has 0 aliphatic rings. The van der Waals surface area contributed by atoms with Crippen LogP contribution in [0.1, 0.15) is 56.6 Å². The van der Waals surface area contributed by atoms with Crippen LogP contribution in [0.4, 0.5) is 39.5 Å². The van der Waals surface area contributed by atoms with E-state index in [4.69, 9.17) is 12.2 Å². The van der Waals surface area contributed by atoms with Crippen LogP contribution in [0.15, 0.2) is 36.4 Å². The minimum Gasteiger partial charge on any atom is -0.369 e. The van der Waals surface area contributed by atoms with Crippen LogP contribution in [0.3, 0.4) is 0 Å². The van der Waals surface area contributed by atoms with Gasteiger partial charge in [-0.05, 0) is 67.6 Å². The van der Waals surface area contributed by atoms with E-state index in [1.807, 2.05) is 5.32 Å². The van der Waals surface area contributed by atoms with Gasteiger partial charge in [-0.25, -0.2) is 0 Å². The molecule has 2 atom stereocenters. The molecule has 0 saturated carbocycles. The van der Waals surface area contributed by atoms with Gasteiger partial charge in [0.15, 0.2) is 0 Å². The molecule has 0 saturated heterocycles. The zero-order valence-corrected chi connectivity index (χ0v) is 21.9. The lowest BCUT2D eigenvalue weighted by atomic mass is 9.91. The average Bonchev–Trinajstić information content (AvgIpc) is 2.78. The number of alkyl halides is 9. The molecule has 2 unspecified atom stereocenters. The van der Waals surface area contributed by atoms with E-state index >= 15 is 0 Å². The molecule has 2 rings (SSSR count). The van der Waals surface area contributed by atoms with E-state index in [1.54, 1.807) is 20.8 Å². The van der Waals surface area contributed by atoms with Gasteiger partial charge in [0, 0.05) is 0 Å². The third-order valence-electron chi connectivity index (χ3n) is 5.94. The molecule has 0 spiro atoms. The number of hydrogen-bond acceptors (Lipinski definition) is 2. The van der Waals surface area contributed by atoms with Gasteiger partial charge < -0.3 is 10.6 Å². The Morgan fingerprint density at radius 2 is 1.51 bits per heavy atom. The molecule has 0 aliphatic heterocycles. The van der Waals surface area contributed by atoms with Gasteiger partial charge in [-0.15, -0.1) is 0 Å². The molecule has 2 aromatic carbocycles. The maximum atomic E-state index is 13.9. The highest BCUT2D eigenvalue weighted by Gasteiger charge is 2.39. The predicted molar refractivity (Wildman–Crippen MR) is 134 cm³/mol. The lowest BCUT2D eigenvalue weighted by Gasteiger charge is -2.20. The predicted octanol–water partition coefficient (Wildman–Crippen LogP) is 7.59. The molecule has 13 heteroatoms. The lowest BCUT2D eigenvalue weighted by Crippen LogP contribution is -2.46. The van der Waals surface area contributed by atoms with Gasteiger partial charge >= 0.3 is 18.5 Å². The number of aryl methyl sites for hydroxylation is 2. The van der Waals surface area contributed by atoms with E-state index in [1.165, 1.54) is 19.1 Å². The van der Waals surface area contributed by atoms with Crippen molar-refractivity contribution in [3.8, 4) is 0 Å². The fraction of sp³-hybridized carbons (Fsp3) is 0.385. The minimum absolute atomic E-state index is 0.0736. The first-order valence-electron chi connectivity index (χ1n) is 11.4. The van der Waals surface area contributed by atoms with Crippen molar-refractivity contribution in [2.24, 2.45) is 0 Å². The Hall–Kier alpha value is -3.09. The first kappa shape index (κ1) is 32.1. The van der Waals surface area contributed by atoms with Crippen molar-refractivity contribution in [2.75, 3.05) is 6.54 Å². The van der Waals surface area contributed by atoms with Crippen molar-refractivity contribution in [1.82, 2.24) is 10.6 Å². The Kier molecular flexibility index (Phi) is 9.86. The number of nitrogens with one attached hydrogen (secondary N) is 2. The number of allylic oxidation sites excluding steroid dienone is 1. The number of amides is 1. The molecule has 2 N–H and O–H groups in total. The maximum Gasteiger partial charge on any atom is 0.417 e. The van der Waals surface area contributed by atoms with Gasteiger partial charge in [0.25, 0.3) is 5.91 Å². The van der Waals surface area contributed by atoms with E-state index in [0.29, 0.717) is 17.2 Å². The number of thiocarbonyl (C=S) groups is 1. The Morgan fingerprint density at radius 1 is 0.949 bits per heavy atom. The fourth-order valence-corrected chi connectivity index (χ4v) is 3.77. The summed E-state index contributed by atoms with van der Waals surface area (Å²) in [6.45, 7) is 4.75. The Labute approximate surface area is 224 Å². The molecule has 39 heavy (non-hydrogen) atoms. The Morgan fingerprint density at radius 3 is 2.00 bits per heavy atom. The van der Waals surface area contributed by atoms with Crippen molar-refractivity contribution in [3.63, 3.8) is 0 Å². The second-order valence-corrected chi connectivity index (χ2v) is 9.43. The molecule has 0 radical (unpaired) electrons. The molecule has 0 aliphatic carbocycles.